The van der Waals surface area contributed by atoms with Gasteiger partial charge < -0.3 is 14.8 Å². The molecule has 5 rings (SSSR count). The van der Waals surface area contributed by atoms with Gasteiger partial charge in [0.25, 0.3) is 17.1 Å². The van der Waals surface area contributed by atoms with E-state index in [1.165, 1.54) is 11.3 Å². The van der Waals surface area contributed by atoms with Crippen molar-refractivity contribution in [1.82, 2.24) is 15.2 Å². The van der Waals surface area contributed by atoms with Crippen molar-refractivity contribution in [2.24, 2.45) is 0 Å². The lowest BCUT2D eigenvalue weighted by molar-refractivity contribution is -0.122. The molecule has 0 saturated carbocycles. The molecule has 0 spiro atoms. The first-order valence-corrected chi connectivity index (χ1v) is 11.7. The maximum absolute atomic E-state index is 12.7. The van der Waals surface area contributed by atoms with E-state index in [4.69, 9.17) is 9.47 Å². The summed E-state index contributed by atoms with van der Waals surface area (Å²) in [6.07, 6.45) is 1.64. The van der Waals surface area contributed by atoms with Crippen LogP contribution in [0.5, 0.6) is 11.5 Å². The fourth-order valence-corrected chi connectivity index (χ4v) is 4.98. The minimum Gasteiger partial charge on any atom is -0.454 e. The number of carbonyl (C=O) groups excluding carboxylic acids is 3. The molecule has 3 amide bonds. The molecule has 0 radical (unpaired) electrons. The van der Waals surface area contributed by atoms with Gasteiger partial charge >= 0.3 is 0 Å². The zero-order valence-corrected chi connectivity index (χ0v) is 18.8. The number of thiazole rings is 1. The van der Waals surface area contributed by atoms with Gasteiger partial charge in [0, 0.05) is 24.0 Å². The van der Waals surface area contributed by atoms with E-state index in [1.807, 2.05) is 30.3 Å². The SMILES string of the molecule is O=C(NCCN1C(=O)S/C(=C\c2ccc3c(c2)OCO3)C1=O)c1csc(-c2ccccc2)n1. The van der Waals surface area contributed by atoms with Crippen LogP contribution in [0.1, 0.15) is 16.1 Å². The van der Waals surface area contributed by atoms with Gasteiger partial charge in [0.2, 0.25) is 6.79 Å². The first-order valence-electron chi connectivity index (χ1n) is 10.0. The summed E-state index contributed by atoms with van der Waals surface area (Å²) in [5.74, 6) is 0.503. The molecule has 1 N–H and O–H groups in total. The van der Waals surface area contributed by atoms with Crippen molar-refractivity contribution in [2.75, 3.05) is 19.9 Å². The summed E-state index contributed by atoms with van der Waals surface area (Å²) < 4.78 is 10.6. The van der Waals surface area contributed by atoms with Gasteiger partial charge in [-0.2, -0.15) is 0 Å². The highest BCUT2D eigenvalue weighted by molar-refractivity contribution is 8.18. The zero-order chi connectivity index (χ0) is 22.8. The quantitative estimate of drug-likeness (QED) is 0.534. The number of amides is 3. The highest BCUT2D eigenvalue weighted by Gasteiger charge is 2.34. The van der Waals surface area contributed by atoms with Crippen LogP contribution in [-0.2, 0) is 4.79 Å². The fraction of sp³-hybridized carbons (Fsp3) is 0.130. The predicted octanol–water partition coefficient (Wildman–Crippen LogP) is 4.01. The van der Waals surface area contributed by atoms with Crippen molar-refractivity contribution < 1.29 is 23.9 Å². The Bertz CT molecular complexity index is 1270. The van der Waals surface area contributed by atoms with Gasteiger partial charge in [-0.3, -0.25) is 19.3 Å². The molecule has 1 fully saturated rings. The zero-order valence-electron chi connectivity index (χ0n) is 17.1. The topological polar surface area (TPSA) is 97.8 Å². The number of benzene rings is 2. The lowest BCUT2D eigenvalue weighted by Crippen LogP contribution is -2.37. The first-order chi connectivity index (χ1) is 16.1. The fourth-order valence-electron chi connectivity index (χ4n) is 3.31. The number of carbonyl (C=O) groups is 3. The Labute approximate surface area is 197 Å². The number of rotatable bonds is 6. The second-order valence-corrected chi connectivity index (χ2v) is 8.96. The molecule has 8 nitrogen and oxygen atoms in total. The Morgan fingerprint density at radius 3 is 2.79 bits per heavy atom. The van der Waals surface area contributed by atoms with Crippen LogP contribution in [0.3, 0.4) is 0 Å². The molecule has 1 aromatic heterocycles. The minimum absolute atomic E-state index is 0.0740. The van der Waals surface area contributed by atoms with Crippen molar-refractivity contribution in [3.63, 3.8) is 0 Å². The number of imide groups is 1. The number of ether oxygens (including phenoxy) is 2. The van der Waals surface area contributed by atoms with Gasteiger partial charge in [0.1, 0.15) is 10.7 Å². The number of aromatic nitrogens is 1. The molecule has 0 atom stereocenters. The molecule has 0 aliphatic carbocycles. The smallest absolute Gasteiger partial charge is 0.293 e. The molecule has 0 bridgehead atoms. The molecule has 0 unspecified atom stereocenters. The third-order valence-corrected chi connectivity index (χ3v) is 6.75. The molecule has 3 heterocycles. The predicted molar refractivity (Wildman–Crippen MR) is 125 cm³/mol. The maximum atomic E-state index is 12.7. The number of nitrogens with zero attached hydrogens (tertiary/aromatic N) is 2. The molecular formula is C23H17N3O5S2. The minimum atomic E-state index is -0.392. The second-order valence-electron chi connectivity index (χ2n) is 7.11. The van der Waals surface area contributed by atoms with Gasteiger partial charge in [-0.15, -0.1) is 11.3 Å². The maximum Gasteiger partial charge on any atom is 0.293 e. The number of nitrogens with one attached hydrogen (secondary N) is 1. The van der Waals surface area contributed by atoms with Gasteiger partial charge in [-0.25, -0.2) is 4.98 Å². The molecule has 3 aromatic rings. The van der Waals surface area contributed by atoms with E-state index in [2.05, 4.69) is 10.3 Å². The largest absolute Gasteiger partial charge is 0.454 e. The third-order valence-electron chi connectivity index (χ3n) is 4.95. The number of fused-ring (bicyclic) bond motifs is 1. The number of hydrogen-bond donors (Lipinski definition) is 1. The van der Waals surface area contributed by atoms with E-state index >= 15 is 0 Å². The van der Waals surface area contributed by atoms with Crippen molar-refractivity contribution in [1.29, 1.82) is 0 Å². The molecule has 1 saturated heterocycles. The number of hydrogen-bond acceptors (Lipinski definition) is 8. The molecule has 2 aliphatic heterocycles. The Balaban J connectivity index is 1.18. The standard InChI is InChI=1S/C23H17N3O5S2/c27-20(16-12-32-21(25-16)15-4-2-1-3-5-15)24-8-9-26-22(28)19(33-23(26)29)11-14-6-7-17-18(10-14)31-13-30-17/h1-7,10-12H,8-9,13H2,(H,24,27)/b19-11-. The van der Waals surface area contributed by atoms with E-state index in [0.717, 1.165) is 32.8 Å². The summed E-state index contributed by atoms with van der Waals surface area (Å²) in [6, 6.07) is 14.9. The van der Waals surface area contributed by atoms with E-state index in [-0.39, 0.29) is 31.0 Å². The average molecular weight is 480 g/mol. The highest BCUT2D eigenvalue weighted by Crippen LogP contribution is 2.36. The van der Waals surface area contributed by atoms with Crippen LogP contribution < -0.4 is 14.8 Å². The van der Waals surface area contributed by atoms with Crippen molar-refractivity contribution >= 4 is 46.2 Å². The molecule has 33 heavy (non-hydrogen) atoms. The summed E-state index contributed by atoms with van der Waals surface area (Å²) in [4.78, 5) is 43.3. The summed E-state index contributed by atoms with van der Waals surface area (Å²) in [5.41, 5.74) is 1.97. The van der Waals surface area contributed by atoms with Gasteiger partial charge in [0.05, 0.1) is 4.91 Å². The lowest BCUT2D eigenvalue weighted by Gasteiger charge is -2.12. The van der Waals surface area contributed by atoms with Crippen molar-refractivity contribution in [3.8, 4) is 22.1 Å². The van der Waals surface area contributed by atoms with E-state index in [0.29, 0.717) is 22.1 Å². The van der Waals surface area contributed by atoms with Crippen LogP contribution in [0, 0.1) is 0 Å². The van der Waals surface area contributed by atoms with Gasteiger partial charge in [0.15, 0.2) is 11.5 Å². The second kappa shape index (κ2) is 9.08. The van der Waals surface area contributed by atoms with Crippen molar-refractivity contribution in [2.45, 2.75) is 0 Å². The normalized spacial score (nSPS) is 16.0. The Morgan fingerprint density at radius 2 is 1.94 bits per heavy atom. The van der Waals surface area contributed by atoms with Crippen LogP contribution in [-0.4, -0.2) is 46.8 Å². The Kier molecular flexibility index (Phi) is 5.84. The van der Waals surface area contributed by atoms with Gasteiger partial charge in [-0.05, 0) is 35.5 Å². The van der Waals surface area contributed by atoms with Gasteiger partial charge in [-0.1, -0.05) is 36.4 Å². The Morgan fingerprint density at radius 1 is 1.12 bits per heavy atom. The molecule has 2 aromatic carbocycles. The Hall–Kier alpha value is -3.63. The van der Waals surface area contributed by atoms with E-state index < -0.39 is 5.91 Å². The van der Waals surface area contributed by atoms with Crippen LogP contribution in [0.4, 0.5) is 4.79 Å². The molecule has 166 valence electrons. The molecular weight excluding hydrogens is 462 g/mol. The number of thioether (sulfide) groups is 1. The molecule has 10 heteroatoms. The summed E-state index contributed by atoms with van der Waals surface area (Å²) in [5, 5.41) is 4.79. The summed E-state index contributed by atoms with van der Waals surface area (Å²) in [7, 11) is 0. The first kappa shape index (κ1) is 21.2. The van der Waals surface area contributed by atoms with Crippen LogP contribution in [0.15, 0.2) is 58.8 Å². The van der Waals surface area contributed by atoms with E-state index in [1.54, 1.807) is 29.7 Å². The van der Waals surface area contributed by atoms with Crippen LogP contribution in [0.2, 0.25) is 0 Å². The van der Waals surface area contributed by atoms with Crippen LogP contribution >= 0.6 is 23.1 Å². The molecule has 2 aliphatic rings. The highest BCUT2D eigenvalue weighted by atomic mass is 32.2. The average Bonchev–Trinajstić information content (AvgIpc) is 3.55. The summed E-state index contributed by atoms with van der Waals surface area (Å²) in [6.45, 7) is 0.367. The third kappa shape index (κ3) is 4.48. The van der Waals surface area contributed by atoms with Crippen LogP contribution in [0.25, 0.3) is 16.6 Å². The lowest BCUT2D eigenvalue weighted by atomic mass is 10.2. The monoisotopic (exact) mass is 479 g/mol. The van der Waals surface area contributed by atoms with E-state index in [9.17, 15) is 14.4 Å². The van der Waals surface area contributed by atoms with Crippen molar-refractivity contribution in [3.05, 3.63) is 70.1 Å². The summed E-state index contributed by atoms with van der Waals surface area (Å²) >= 11 is 2.25.